The molecule has 0 aromatic carbocycles. The molecule has 1 rings (SSSR count). The molecule has 0 aromatic rings. The minimum Gasteiger partial charge on any atom is -0.447 e. The number of carbonyl (C=O) groups is 1. The Balaban J connectivity index is 2.47. The molecule has 0 bridgehead atoms. The van der Waals surface area contributed by atoms with Crippen LogP contribution in [0.5, 0.6) is 0 Å². The molecule has 0 N–H and O–H groups in total. The van der Waals surface area contributed by atoms with Gasteiger partial charge < -0.3 is 9.57 Å². The maximum absolute atomic E-state index is 11.4. The van der Waals surface area contributed by atoms with Gasteiger partial charge in [-0.25, -0.2) is 4.79 Å². The lowest BCUT2D eigenvalue weighted by molar-refractivity contribution is -0.758. The predicted octanol–water partition coefficient (Wildman–Crippen LogP) is 1.45. The Bertz CT molecular complexity index is 300. The summed E-state index contributed by atoms with van der Waals surface area (Å²) in [4.78, 5) is 27.3. The van der Waals surface area contributed by atoms with E-state index in [0.29, 0.717) is 6.54 Å². The third-order valence-corrected chi connectivity index (χ3v) is 2.55. The Kier molecular flexibility index (Phi) is 4.14. The summed E-state index contributed by atoms with van der Waals surface area (Å²) in [6, 6.07) is -0.366. The Hall–Kier alpha value is -1.53. The van der Waals surface area contributed by atoms with Crippen LogP contribution in [0.2, 0.25) is 0 Å². The fraction of sp³-hybridized carbons (Fsp3) is 0.900. The van der Waals surface area contributed by atoms with Crippen LogP contribution in [0.15, 0.2) is 0 Å². The summed E-state index contributed by atoms with van der Waals surface area (Å²) in [5, 5.41) is 9.24. The minimum absolute atomic E-state index is 0.0946. The fourth-order valence-electron chi connectivity index (χ4n) is 1.50. The highest BCUT2D eigenvalue weighted by atomic mass is 16.9. The average Bonchev–Trinajstić information content (AvgIpc) is 2.52. The number of rotatable bonds is 5. The summed E-state index contributed by atoms with van der Waals surface area (Å²) in [6.07, 6.45) is 0.378. The van der Waals surface area contributed by atoms with Crippen LogP contribution in [0.1, 0.15) is 27.2 Å². The van der Waals surface area contributed by atoms with Gasteiger partial charge in [-0.15, -0.1) is 10.1 Å². The second-order valence-electron chi connectivity index (χ2n) is 5.25. The molecule has 0 saturated carbocycles. The number of cyclic esters (lactones) is 1. The van der Waals surface area contributed by atoms with Gasteiger partial charge >= 0.3 is 6.09 Å². The highest BCUT2D eigenvalue weighted by Crippen LogP contribution is 2.22. The number of nitrogens with zero attached hydrogens (tertiary/aromatic N) is 2. The second kappa shape index (κ2) is 5.20. The van der Waals surface area contributed by atoms with Gasteiger partial charge in [0.05, 0.1) is 6.04 Å². The van der Waals surface area contributed by atoms with Gasteiger partial charge in [-0.1, -0.05) is 20.8 Å². The lowest BCUT2D eigenvalue weighted by atomic mass is 9.92. The third kappa shape index (κ3) is 4.46. The number of hydrogen-bond acceptors (Lipinski definition) is 5. The van der Waals surface area contributed by atoms with Crippen LogP contribution in [-0.4, -0.2) is 41.9 Å². The molecule has 1 amide bonds. The second-order valence-corrected chi connectivity index (χ2v) is 5.25. The molecule has 1 saturated heterocycles. The Morgan fingerprint density at radius 2 is 2.24 bits per heavy atom. The van der Waals surface area contributed by atoms with Crippen LogP contribution in [0.25, 0.3) is 0 Å². The zero-order valence-electron chi connectivity index (χ0n) is 10.3. The van der Waals surface area contributed by atoms with Crippen molar-refractivity contribution in [3.05, 3.63) is 10.1 Å². The largest absolute Gasteiger partial charge is 0.447 e. The molecule has 1 atom stereocenters. The molecule has 0 spiro atoms. The van der Waals surface area contributed by atoms with Crippen molar-refractivity contribution in [3.63, 3.8) is 0 Å². The zero-order chi connectivity index (χ0) is 13.1. The van der Waals surface area contributed by atoms with Gasteiger partial charge in [-0.3, -0.25) is 4.90 Å². The first-order valence-corrected chi connectivity index (χ1v) is 5.50. The maximum atomic E-state index is 11.4. The monoisotopic (exact) mass is 246 g/mol. The smallest absolute Gasteiger partial charge is 0.410 e. The maximum Gasteiger partial charge on any atom is 0.410 e. The van der Waals surface area contributed by atoms with Crippen molar-refractivity contribution < 1.29 is 19.5 Å². The minimum atomic E-state index is -0.856. The standard InChI is InChI=1S/C10H18N2O5/c1-10(2,3)4-5-11-8(6-16-9(11)13)7-17-12(14)15/h8H,4-7H2,1-3H3. The first-order chi connectivity index (χ1) is 7.79. The average molecular weight is 246 g/mol. The van der Waals surface area contributed by atoms with Gasteiger partial charge in [0.15, 0.2) is 0 Å². The number of ether oxygens (including phenoxy) is 1. The number of amides is 1. The van der Waals surface area contributed by atoms with Crippen molar-refractivity contribution in [1.29, 1.82) is 0 Å². The molecular formula is C10H18N2O5. The molecule has 0 aromatic heterocycles. The van der Waals surface area contributed by atoms with Crippen molar-refractivity contribution in [1.82, 2.24) is 4.90 Å². The lowest BCUT2D eigenvalue weighted by Crippen LogP contribution is -2.39. The topological polar surface area (TPSA) is 81.9 Å². The van der Waals surface area contributed by atoms with E-state index < -0.39 is 11.2 Å². The molecule has 7 heteroatoms. The Morgan fingerprint density at radius 1 is 1.59 bits per heavy atom. The molecule has 1 unspecified atom stereocenters. The van der Waals surface area contributed by atoms with E-state index in [-0.39, 0.29) is 24.7 Å². The van der Waals surface area contributed by atoms with E-state index >= 15 is 0 Å². The van der Waals surface area contributed by atoms with Crippen molar-refractivity contribution in [2.45, 2.75) is 33.2 Å². The van der Waals surface area contributed by atoms with Gasteiger partial charge in [-0.05, 0) is 11.8 Å². The summed E-state index contributed by atoms with van der Waals surface area (Å²) in [5.74, 6) is 0. The van der Waals surface area contributed by atoms with Gasteiger partial charge in [-0.2, -0.15) is 0 Å². The van der Waals surface area contributed by atoms with Gasteiger partial charge in [0, 0.05) is 6.54 Å². The summed E-state index contributed by atoms with van der Waals surface area (Å²) < 4.78 is 4.86. The van der Waals surface area contributed by atoms with E-state index in [1.54, 1.807) is 0 Å². The van der Waals surface area contributed by atoms with E-state index in [9.17, 15) is 14.9 Å². The Labute approximate surface area is 99.8 Å². The van der Waals surface area contributed by atoms with Crippen molar-refractivity contribution in [2.24, 2.45) is 5.41 Å². The molecule has 1 aliphatic heterocycles. The van der Waals surface area contributed by atoms with E-state index in [2.05, 4.69) is 25.6 Å². The lowest BCUT2D eigenvalue weighted by Gasteiger charge is -2.25. The molecular weight excluding hydrogens is 228 g/mol. The SMILES string of the molecule is CC(C)(C)CCN1C(=O)OCC1CO[N+](=O)[O-]. The summed E-state index contributed by atoms with van der Waals surface area (Å²) in [6.45, 7) is 6.73. The molecule has 7 nitrogen and oxygen atoms in total. The van der Waals surface area contributed by atoms with Crippen LogP contribution >= 0.6 is 0 Å². The van der Waals surface area contributed by atoms with Gasteiger partial charge in [0.2, 0.25) is 0 Å². The first kappa shape index (κ1) is 13.5. The number of carbonyl (C=O) groups excluding carboxylic acids is 1. The van der Waals surface area contributed by atoms with Crippen LogP contribution < -0.4 is 0 Å². The fourth-order valence-corrected chi connectivity index (χ4v) is 1.50. The quantitative estimate of drug-likeness (QED) is 0.541. The zero-order valence-corrected chi connectivity index (χ0v) is 10.3. The summed E-state index contributed by atoms with van der Waals surface area (Å²) in [5.41, 5.74) is 0.0946. The summed E-state index contributed by atoms with van der Waals surface area (Å²) >= 11 is 0. The van der Waals surface area contributed by atoms with Crippen LogP contribution in [0.4, 0.5) is 4.79 Å². The highest BCUT2D eigenvalue weighted by molar-refractivity contribution is 5.70. The molecule has 1 fully saturated rings. The predicted molar refractivity (Wildman–Crippen MR) is 58.9 cm³/mol. The van der Waals surface area contributed by atoms with E-state index in [0.717, 1.165) is 6.42 Å². The van der Waals surface area contributed by atoms with Crippen LogP contribution in [0.3, 0.4) is 0 Å². The molecule has 98 valence electrons. The van der Waals surface area contributed by atoms with Crippen molar-refractivity contribution in [2.75, 3.05) is 19.8 Å². The first-order valence-electron chi connectivity index (χ1n) is 5.50. The molecule has 17 heavy (non-hydrogen) atoms. The van der Waals surface area contributed by atoms with Crippen LogP contribution in [-0.2, 0) is 9.57 Å². The van der Waals surface area contributed by atoms with E-state index in [4.69, 9.17) is 4.74 Å². The van der Waals surface area contributed by atoms with E-state index in [1.807, 2.05) is 0 Å². The normalized spacial score (nSPS) is 20.3. The van der Waals surface area contributed by atoms with Crippen LogP contribution in [0, 0.1) is 15.5 Å². The van der Waals surface area contributed by atoms with Crippen molar-refractivity contribution in [3.8, 4) is 0 Å². The third-order valence-electron chi connectivity index (χ3n) is 2.55. The number of hydrogen-bond donors (Lipinski definition) is 0. The molecule has 0 radical (unpaired) electrons. The molecule has 1 heterocycles. The molecule has 1 aliphatic rings. The van der Waals surface area contributed by atoms with Gasteiger partial charge in [0.1, 0.15) is 13.2 Å². The van der Waals surface area contributed by atoms with Gasteiger partial charge in [0.25, 0.3) is 5.09 Å². The highest BCUT2D eigenvalue weighted by Gasteiger charge is 2.34. The van der Waals surface area contributed by atoms with Crippen molar-refractivity contribution >= 4 is 6.09 Å². The van der Waals surface area contributed by atoms with E-state index in [1.165, 1.54) is 4.90 Å². The summed E-state index contributed by atoms with van der Waals surface area (Å²) in [7, 11) is 0. The Morgan fingerprint density at radius 3 is 2.76 bits per heavy atom. The molecule has 0 aliphatic carbocycles.